The van der Waals surface area contributed by atoms with E-state index in [0.29, 0.717) is 5.82 Å². The van der Waals surface area contributed by atoms with Crippen molar-refractivity contribution in [2.24, 2.45) is 0 Å². The first-order valence-corrected chi connectivity index (χ1v) is 15.2. The number of furan rings is 1. The molecule has 2 heterocycles. The lowest BCUT2D eigenvalue weighted by Crippen LogP contribution is -1.95. The third kappa shape index (κ3) is 4.29. The molecule has 0 aliphatic heterocycles. The molecule has 210 valence electrons. The molecule has 0 aliphatic rings. The fraction of sp³-hybridized carbons (Fsp3) is 0. The normalized spacial score (nSPS) is 11.6. The van der Waals surface area contributed by atoms with Crippen molar-refractivity contribution < 1.29 is 4.42 Å². The van der Waals surface area contributed by atoms with Crippen molar-refractivity contribution in [3.63, 3.8) is 0 Å². The van der Waals surface area contributed by atoms with E-state index in [1.807, 2.05) is 18.2 Å². The summed E-state index contributed by atoms with van der Waals surface area (Å²) in [5.41, 5.74) is 10.2. The number of aromatic nitrogens is 2. The minimum atomic E-state index is 0.699. The lowest BCUT2D eigenvalue weighted by atomic mass is 9.95. The molecule has 0 saturated heterocycles. The van der Waals surface area contributed by atoms with Crippen LogP contribution in [0.3, 0.4) is 0 Å². The SMILES string of the molecule is c1ccc(-c2cccc(-c3nc(-c4ccc5c(c4)oc4c6ccccc6c(-c6ccccc6)cc54)c4ccccc4n3)c2)cc1. The summed E-state index contributed by atoms with van der Waals surface area (Å²) < 4.78 is 6.67. The molecule has 0 spiro atoms. The first kappa shape index (κ1) is 25.4. The van der Waals surface area contributed by atoms with Crippen molar-refractivity contribution in [2.45, 2.75) is 0 Å². The summed E-state index contributed by atoms with van der Waals surface area (Å²) >= 11 is 0. The highest BCUT2D eigenvalue weighted by atomic mass is 16.3. The molecule has 3 heteroatoms. The van der Waals surface area contributed by atoms with Crippen LogP contribution in [0.5, 0.6) is 0 Å². The monoisotopic (exact) mass is 574 g/mol. The van der Waals surface area contributed by atoms with Crippen molar-refractivity contribution in [2.75, 3.05) is 0 Å². The molecule has 9 aromatic rings. The van der Waals surface area contributed by atoms with Crippen LogP contribution in [0, 0.1) is 0 Å². The lowest BCUT2D eigenvalue weighted by molar-refractivity contribution is 0.673. The van der Waals surface area contributed by atoms with Crippen LogP contribution in [-0.2, 0) is 0 Å². The van der Waals surface area contributed by atoms with Gasteiger partial charge in [0.15, 0.2) is 5.82 Å². The Morgan fingerprint density at radius 3 is 1.87 bits per heavy atom. The van der Waals surface area contributed by atoms with Crippen LogP contribution >= 0.6 is 0 Å². The number of nitrogens with zero attached hydrogens (tertiary/aromatic N) is 2. The summed E-state index contributed by atoms with van der Waals surface area (Å²) in [5, 5.41) is 5.50. The molecule has 0 bridgehead atoms. The molecule has 7 aromatic carbocycles. The molecule has 9 rings (SSSR count). The quantitative estimate of drug-likeness (QED) is 0.210. The first-order chi connectivity index (χ1) is 22.3. The Hall–Kier alpha value is -6.06. The van der Waals surface area contributed by atoms with Crippen LogP contribution < -0.4 is 0 Å². The van der Waals surface area contributed by atoms with Crippen LogP contribution in [0.4, 0.5) is 0 Å². The Balaban J connectivity index is 1.24. The molecule has 0 atom stereocenters. The number of hydrogen-bond donors (Lipinski definition) is 0. The zero-order valence-corrected chi connectivity index (χ0v) is 24.3. The molecule has 45 heavy (non-hydrogen) atoms. The highest BCUT2D eigenvalue weighted by Crippen LogP contribution is 2.41. The van der Waals surface area contributed by atoms with Gasteiger partial charge < -0.3 is 4.42 Å². The van der Waals surface area contributed by atoms with Gasteiger partial charge in [-0.25, -0.2) is 9.97 Å². The molecule has 0 amide bonds. The summed E-state index contributed by atoms with van der Waals surface area (Å²) in [6, 6.07) is 54.9. The molecule has 0 saturated carbocycles. The summed E-state index contributed by atoms with van der Waals surface area (Å²) in [7, 11) is 0. The van der Waals surface area contributed by atoms with Gasteiger partial charge in [0.2, 0.25) is 0 Å². The smallest absolute Gasteiger partial charge is 0.160 e. The van der Waals surface area contributed by atoms with Crippen molar-refractivity contribution >= 4 is 43.6 Å². The minimum absolute atomic E-state index is 0.699. The van der Waals surface area contributed by atoms with Crippen molar-refractivity contribution in [3.05, 3.63) is 158 Å². The predicted octanol–water partition coefficient (Wildman–Crippen LogP) is 11.4. The number of rotatable bonds is 4. The molecule has 3 nitrogen and oxygen atoms in total. The van der Waals surface area contributed by atoms with Gasteiger partial charge in [0, 0.05) is 32.7 Å². The molecule has 2 aromatic heterocycles. The number of fused-ring (bicyclic) bond motifs is 6. The van der Waals surface area contributed by atoms with Gasteiger partial charge in [-0.1, -0.05) is 127 Å². The molecule has 0 radical (unpaired) electrons. The lowest BCUT2D eigenvalue weighted by Gasteiger charge is -2.10. The molecular formula is C42H26N2O. The Morgan fingerprint density at radius 2 is 1.04 bits per heavy atom. The van der Waals surface area contributed by atoms with E-state index in [9.17, 15) is 0 Å². The molecular weight excluding hydrogens is 548 g/mol. The Bertz CT molecular complexity index is 2530. The highest BCUT2D eigenvalue weighted by Gasteiger charge is 2.17. The van der Waals surface area contributed by atoms with E-state index in [1.54, 1.807) is 0 Å². The summed E-state index contributed by atoms with van der Waals surface area (Å²) in [5.74, 6) is 0.699. The van der Waals surface area contributed by atoms with Gasteiger partial charge in [-0.2, -0.15) is 0 Å². The first-order valence-electron chi connectivity index (χ1n) is 15.2. The van der Waals surface area contributed by atoms with E-state index in [2.05, 4.69) is 140 Å². The van der Waals surface area contributed by atoms with Crippen LogP contribution in [0.1, 0.15) is 0 Å². The molecule has 0 N–H and O–H groups in total. The third-order valence-electron chi connectivity index (χ3n) is 8.67. The second-order valence-corrected chi connectivity index (χ2v) is 11.4. The summed E-state index contributed by atoms with van der Waals surface area (Å²) in [6.45, 7) is 0. The maximum absolute atomic E-state index is 6.67. The second kappa shape index (κ2) is 10.3. The topological polar surface area (TPSA) is 38.9 Å². The van der Waals surface area contributed by atoms with E-state index in [0.717, 1.165) is 60.6 Å². The highest BCUT2D eigenvalue weighted by molar-refractivity contribution is 6.19. The van der Waals surface area contributed by atoms with Gasteiger partial charge >= 0.3 is 0 Å². The Labute approximate surface area is 260 Å². The largest absolute Gasteiger partial charge is 0.455 e. The van der Waals surface area contributed by atoms with Crippen LogP contribution in [0.15, 0.2) is 162 Å². The zero-order valence-electron chi connectivity index (χ0n) is 24.3. The van der Waals surface area contributed by atoms with Crippen LogP contribution in [-0.4, -0.2) is 9.97 Å². The van der Waals surface area contributed by atoms with Gasteiger partial charge in [-0.3, -0.25) is 0 Å². The molecule has 0 unspecified atom stereocenters. The third-order valence-corrected chi connectivity index (χ3v) is 8.67. The van der Waals surface area contributed by atoms with Gasteiger partial charge in [-0.15, -0.1) is 0 Å². The van der Waals surface area contributed by atoms with Gasteiger partial charge in [0.1, 0.15) is 11.2 Å². The average molecular weight is 575 g/mol. The van der Waals surface area contributed by atoms with E-state index in [-0.39, 0.29) is 0 Å². The van der Waals surface area contributed by atoms with E-state index in [4.69, 9.17) is 14.4 Å². The van der Waals surface area contributed by atoms with E-state index in [1.165, 1.54) is 22.1 Å². The van der Waals surface area contributed by atoms with Crippen LogP contribution in [0.2, 0.25) is 0 Å². The predicted molar refractivity (Wildman–Crippen MR) is 186 cm³/mol. The number of para-hydroxylation sites is 1. The zero-order chi connectivity index (χ0) is 29.7. The van der Waals surface area contributed by atoms with Crippen molar-refractivity contribution in [3.8, 4) is 44.9 Å². The fourth-order valence-corrected chi connectivity index (χ4v) is 6.50. The summed E-state index contributed by atoms with van der Waals surface area (Å²) in [6.07, 6.45) is 0. The number of benzene rings is 7. The maximum Gasteiger partial charge on any atom is 0.160 e. The van der Waals surface area contributed by atoms with Gasteiger partial charge in [-0.05, 0) is 58.0 Å². The van der Waals surface area contributed by atoms with Gasteiger partial charge in [0.25, 0.3) is 0 Å². The van der Waals surface area contributed by atoms with E-state index < -0.39 is 0 Å². The standard InChI is InChI=1S/C42H26N2O/c1-3-12-27(13-4-1)29-16-11-17-31(24-29)42-43-38-21-10-9-20-35(38)40(44-42)30-22-23-33-37-26-36(28-14-5-2-6-15-28)32-18-7-8-19-34(32)41(37)45-39(33)25-30/h1-26H. The minimum Gasteiger partial charge on any atom is -0.455 e. The van der Waals surface area contributed by atoms with E-state index >= 15 is 0 Å². The molecule has 0 fully saturated rings. The number of hydrogen-bond acceptors (Lipinski definition) is 3. The molecule has 0 aliphatic carbocycles. The Kier molecular flexibility index (Phi) is 5.82. The fourth-order valence-electron chi connectivity index (χ4n) is 6.50. The second-order valence-electron chi connectivity index (χ2n) is 11.4. The summed E-state index contributed by atoms with van der Waals surface area (Å²) in [4.78, 5) is 10.2. The van der Waals surface area contributed by atoms with Gasteiger partial charge in [0.05, 0.1) is 11.2 Å². The Morgan fingerprint density at radius 1 is 0.378 bits per heavy atom. The average Bonchev–Trinajstić information content (AvgIpc) is 3.50. The van der Waals surface area contributed by atoms with Crippen molar-refractivity contribution in [1.29, 1.82) is 0 Å². The van der Waals surface area contributed by atoms with Crippen LogP contribution in [0.25, 0.3) is 88.5 Å². The maximum atomic E-state index is 6.67. The van der Waals surface area contributed by atoms with Crippen molar-refractivity contribution in [1.82, 2.24) is 9.97 Å².